The number of carbonyl (C=O) groups excluding carboxylic acids is 2. The van der Waals surface area contributed by atoms with Crippen molar-refractivity contribution in [3.05, 3.63) is 23.3 Å². The fourth-order valence-electron chi connectivity index (χ4n) is 6.57. The molecule has 7 atom stereocenters. The molecule has 4 heteroatoms. The number of allylic oxidation sites excluding steroid dienone is 4. The number of hydrogen-bond donors (Lipinski definition) is 2. The fraction of sp³-hybridized carbons (Fsp3) is 0.760. The molecule has 2 N–H and O–H groups in total. The molecule has 3 aliphatic rings. The van der Waals surface area contributed by atoms with Gasteiger partial charge in [0, 0.05) is 12.3 Å². The third-order valence-electron chi connectivity index (χ3n) is 8.40. The minimum atomic E-state index is -1.09. The highest BCUT2D eigenvalue weighted by atomic mass is 16.3. The zero-order valence-corrected chi connectivity index (χ0v) is 18.7. The maximum absolute atomic E-state index is 12.6. The summed E-state index contributed by atoms with van der Waals surface area (Å²) in [5.74, 6) is -0.603. The van der Waals surface area contributed by atoms with Gasteiger partial charge in [-0.2, -0.15) is 0 Å². The molecule has 0 aliphatic heterocycles. The van der Waals surface area contributed by atoms with Crippen LogP contribution < -0.4 is 0 Å². The molecule has 0 unspecified atom stereocenters. The lowest BCUT2D eigenvalue weighted by atomic mass is 9.61. The van der Waals surface area contributed by atoms with Crippen LogP contribution in [0, 0.1) is 29.1 Å². The monoisotopic (exact) mass is 402 g/mol. The zero-order valence-electron chi connectivity index (χ0n) is 18.7. The summed E-state index contributed by atoms with van der Waals surface area (Å²) in [6, 6.07) is 0. The van der Waals surface area contributed by atoms with Gasteiger partial charge in [-0.1, -0.05) is 31.6 Å². The van der Waals surface area contributed by atoms with E-state index < -0.39 is 17.1 Å². The van der Waals surface area contributed by atoms with E-state index in [9.17, 15) is 19.8 Å². The summed E-state index contributed by atoms with van der Waals surface area (Å²) in [4.78, 5) is 24.5. The van der Waals surface area contributed by atoms with Crippen molar-refractivity contribution in [3.63, 3.8) is 0 Å². The van der Waals surface area contributed by atoms with E-state index in [2.05, 4.69) is 33.8 Å². The zero-order chi connectivity index (χ0) is 21.6. The molecule has 29 heavy (non-hydrogen) atoms. The first-order valence-electron chi connectivity index (χ1n) is 11.2. The number of Topliss-reactive ketones (excluding diaryl/α,β-unsaturated/α-hetero) is 1. The van der Waals surface area contributed by atoms with E-state index in [1.54, 1.807) is 6.92 Å². The summed E-state index contributed by atoms with van der Waals surface area (Å²) in [6.07, 6.45) is 9.83. The Balaban J connectivity index is 1.94. The van der Waals surface area contributed by atoms with E-state index >= 15 is 0 Å². The predicted molar refractivity (Wildman–Crippen MR) is 114 cm³/mol. The van der Waals surface area contributed by atoms with Crippen LogP contribution >= 0.6 is 0 Å². The molecule has 0 amide bonds. The number of ketones is 1. The minimum absolute atomic E-state index is 0.0243. The maximum atomic E-state index is 12.6. The SMILES string of the molecule is CC(C)=CCC[C@H](C)[C@@]1(O)CC[C@]2(C)C[C@H]3[C@H](C(=O)C[C@@]3(C)O)C(C=O)=CC[C@H]21. The summed E-state index contributed by atoms with van der Waals surface area (Å²) < 4.78 is 0. The van der Waals surface area contributed by atoms with Crippen molar-refractivity contribution < 1.29 is 19.8 Å². The van der Waals surface area contributed by atoms with Crippen LogP contribution in [0.5, 0.6) is 0 Å². The molecule has 162 valence electrons. The van der Waals surface area contributed by atoms with Crippen molar-refractivity contribution in [3.8, 4) is 0 Å². The molecule has 2 fully saturated rings. The lowest BCUT2D eigenvalue weighted by Gasteiger charge is -2.45. The normalized spacial score (nSPS) is 42.9. The Morgan fingerprint density at radius 3 is 2.59 bits per heavy atom. The van der Waals surface area contributed by atoms with Crippen molar-refractivity contribution in [2.75, 3.05) is 0 Å². The lowest BCUT2D eigenvalue weighted by Crippen LogP contribution is -2.47. The van der Waals surface area contributed by atoms with E-state index in [1.807, 2.05) is 6.08 Å². The molecule has 0 aromatic heterocycles. The summed E-state index contributed by atoms with van der Waals surface area (Å²) in [5, 5.41) is 22.8. The first-order valence-corrected chi connectivity index (χ1v) is 11.2. The molecule has 0 heterocycles. The molecule has 0 radical (unpaired) electrons. The van der Waals surface area contributed by atoms with Gasteiger partial charge in [-0.25, -0.2) is 0 Å². The van der Waals surface area contributed by atoms with E-state index in [1.165, 1.54) is 5.57 Å². The summed E-state index contributed by atoms with van der Waals surface area (Å²) in [6.45, 7) is 10.3. The summed E-state index contributed by atoms with van der Waals surface area (Å²) >= 11 is 0. The van der Waals surface area contributed by atoms with E-state index in [0.717, 1.165) is 32.0 Å². The smallest absolute Gasteiger partial charge is 0.146 e. The molecule has 3 rings (SSSR count). The average Bonchev–Trinajstić information content (AvgIpc) is 2.98. The van der Waals surface area contributed by atoms with Gasteiger partial charge in [0.1, 0.15) is 12.1 Å². The number of aliphatic hydroxyl groups is 2. The van der Waals surface area contributed by atoms with Gasteiger partial charge < -0.3 is 10.2 Å². The van der Waals surface area contributed by atoms with Crippen LogP contribution in [0.2, 0.25) is 0 Å². The van der Waals surface area contributed by atoms with Crippen molar-refractivity contribution in [1.29, 1.82) is 0 Å². The first kappa shape index (κ1) is 22.4. The van der Waals surface area contributed by atoms with Crippen molar-refractivity contribution in [1.82, 2.24) is 0 Å². The van der Waals surface area contributed by atoms with Gasteiger partial charge in [0.25, 0.3) is 0 Å². The van der Waals surface area contributed by atoms with Crippen LogP contribution in [0.4, 0.5) is 0 Å². The molecule has 3 aliphatic carbocycles. The molecular weight excluding hydrogens is 364 g/mol. The Morgan fingerprint density at radius 1 is 1.28 bits per heavy atom. The Morgan fingerprint density at radius 2 is 1.97 bits per heavy atom. The second-order valence-electron chi connectivity index (χ2n) is 10.8. The highest BCUT2D eigenvalue weighted by Gasteiger charge is 2.60. The van der Waals surface area contributed by atoms with Gasteiger partial charge in [0.2, 0.25) is 0 Å². The van der Waals surface area contributed by atoms with Gasteiger partial charge in [0.15, 0.2) is 0 Å². The van der Waals surface area contributed by atoms with Crippen LogP contribution in [-0.2, 0) is 9.59 Å². The Bertz CT molecular complexity index is 729. The first-order chi connectivity index (χ1) is 13.4. The Kier molecular flexibility index (Phi) is 6.01. The topological polar surface area (TPSA) is 74.6 Å². The molecule has 0 spiro atoms. The second kappa shape index (κ2) is 7.77. The Labute approximate surface area is 175 Å². The number of fused-ring (bicyclic) bond motifs is 2. The molecule has 0 bridgehead atoms. The van der Waals surface area contributed by atoms with Crippen LogP contribution in [0.25, 0.3) is 0 Å². The van der Waals surface area contributed by atoms with Gasteiger partial charge in [-0.3, -0.25) is 9.59 Å². The van der Waals surface area contributed by atoms with Crippen LogP contribution in [0.15, 0.2) is 23.3 Å². The summed E-state index contributed by atoms with van der Waals surface area (Å²) in [7, 11) is 0. The average molecular weight is 403 g/mol. The molecular formula is C25H38O4. The highest BCUT2D eigenvalue weighted by Crippen LogP contribution is 2.61. The molecule has 0 aromatic rings. The van der Waals surface area contributed by atoms with Gasteiger partial charge in [-0.05, 0) is 82.1 Å². The highest BCUT2D eigenvalue weighted by molar-refractivity contribution is 5.94. The summed E-state index contributed by atoms with van der Waals surface area (Å²) in [5.41, 5.74) is -0.224. The third kappa shape index (κ3) is 3.90. The van der Waals surface area contributed by atoms with Crippen LogP contribution in [0.1, 0.15) is 79.6 Å². The minimum Gasteiger partial charge on any atom is -0.389 e. The van der Waals surface area contributed by atoms with Gasteiger partial charge in [-0.15, -0.1) is 0 Å². The molecule has 0 aromatic carbocycles. The predicted octanol–water partition coefficient (Wildman–Crippen LogP) is 4.39. The largest absolute Gasteiger partial charge is 0.389 e. The number of carbonyl (C=O) groups is 2. The van der Waals surface area contributed by atoms with E-state index in [-0.39, 0.29) is 35.4 Å². The third-order valence-corrected chi connectivity index (χ3v) is 8.40. The number of rotatable bonds is 5. The Hall–Kier alpha value is -1.26. The van der Waals surface area contributed by atoms with Gasteiger partial charge >= 0.3 is 0 Å². The number of aldehydes is 1. The maximum Gasteiger partial charge on any atom is 0.146 e. The van der Waals surface area contributed by atoms with Crippen LogP contribution in [0.3, 0.4) is 0 Å². The van der Waals surface area contributed by atoms with Crippen molar-refractivity contribution in [2.45, 2.75) is 90.8 Å². The van der Waals surface area contributed by atoms with Gasteiger partial charge in [0.05, 0.1) is 17.1 Å². The fourth-order valence-corrected chi connectivity index (χ4v) is 6.57. The molecule has 2 saturated carbocycles. The molecule has 4 nitrogen and oxygen atoms in total. The van der Waals surface area contributed by atoms with Crippen molar-refractivity contribution in [2.24, 2.45) is 29.1 Å². The standard InChI is InChI=1S/C25H38O4/c1-16(2)7-6-8-17(3)25(29)12-11-23(4)13-19-22(20(27)14-24(19,5)28)18(15-26)9-10-21(23)25/h7,9,15,17,19,21-22,28-29H,6,8,10-14H2,1-5H3/t17-,19-,21+,22+,23+,24+,25-/m0/s1. The van der Waals surface area contributed by atoms with Crippen LogP contribution in [-0.4, -0.2) is 33.5 Å². The number of hydrogen-bond acceptors (Lipinski definition) is 4. The van der Waals surface area contributed by atoms with Crippen molar-refractivity contribution >= 4 is 12.1 Å². The van der Waals surface area contributed by atoms with E-state index in [0.29, 0.717) is 18.4 Å². The quantitative estimate of drug-likeness (QED) is 0.528. The lowest BCUT2D eigenvalue weighted by molar-refractivity contribution is -0.121. The molecule has 0 saturated heterocycles. The van der Waals surface area contributed by atoms with E-state index in [4.69, 9.17) is 0 Å². The second-order valence-corrected chi connectivity index (χ2v) is 10.8.